The minimum Gasteiger partial charge on any atom is -0.383 e. The molecule has 0 saturated carbocycles. The largest absolute Gasteiger partial charge is 0.383 e. The standard InChI is InChI=1S/C6H8N4O/c7-5-3-1-8-2-4(3)9-6(11)10-5/h8H,1-2H2,(H3,7,9,10,11). The number of nitrogens with one attached hydrogen (secondary N) is 2. The van der Waals surface area contributed by atoms with E-state index in [1.165, 1.54) is 0 Å². The molecule has 0 spiro atoms. The zero-order valence-corrected chi connectivity index (χ0v) is 5.85. The smallest absolute Gasteiger partial charge is 0.347 e. The van der Waals surface area contributed by atoms with Crippen LogP contribution in [0.4, 0.5) is 5.82 Å². The monoisotopic (exact) mass is 152 g/mol. The molecule has 1 aliphatic heterocycles. The second-order valence-electron chi connectivity index (χ2n) is 2.49. The Balaban J connectivity index is 2.70. The van der Waals surface area contributed by atoms with Crippen molar-refractivity contribution in [2.45, 2.75) is 13.1 Å². The number of rotatable bonds is 0. The van der Waals surface area contributed by atoms with Gasteiger partial charge in [-0.2, -0.15) is 4.98 Å². The Hall–Kier alpha value is -1.36. The number of H-pyrrole nitrogens is 1. The number of nitrogen functional groups attached to an aromatic ring is 1. The highest BCUT2D eigenvalue weighted by molar-refractivity contribution is 5.42. The summed E-state index contributed by atoms with van der Waals surface area (Å²) in [6.07, 6.45) is 0. The van der Waals surface area contributed by atoms with Gasteiger partial charge in [-0.15, -0.1) is 0 Å². The summed E-state index contributed by atoms with van der Waals surface area (Å²) in [4.78, 5) is 17.0. The molecule has 58 valence electrons. The summed E-state index contributed by atoms with van der Waals surface area (Å²) in [6.45, 7) is 1.38. The van der Waals surface area contributed by atoms with Crippen LogP contribution in [0.2, 0.25) is 0 Å². The van der Waals surface area contributed by atoms with Crippen LogP contribution < -0.4 is 16.7 Å². The molecule has 2 rings (SSSR count). The van der Waals surface area contributed by atoms with E-state index < -0.39 is 0 Å². The van der Waals surface area contributed by atoms with E-state index in [0.717, 1.165) is 11.3 Å². The molecule has 0 amide bonds. The summed E-state index contributed by atoms with van der Waals surface area (Å²) < 4.78 is 0. The maximum absolute atomic E-state index is 10.8. The van der Waals surface area contributed by atoms with Gasteiger partial charge in [0.1, 0.15) is 5.82 Å². The number of hydrogen-bond acceptors (Lipinski definition) is 4. The lowest BCUT2D eigenvalue weighted by Crippen LogP contribution is -2.15. The number of anilines is 1. The van der Waals surface area contributed by atoms with E-state index in [4.69, 9.17) is 5.73 Å². The van der Waals surface area contributed by atoms with Crippen LogP contribution in [0, 0.1) is 0 Å². The lowest BCUT2D eigenvalue weighted by molar-refractivity contribution is 0.757. The predicted octanol–water partition coefficient (Wildman–Crippen LogP) is -1.04. The van der Waals surface area contributed by atoms with E-state index in [0.29, 0.717) is 18.9 Å². The SMILES string of the molecule is Nc1nc(=O)[nH]c2c1CNC2. The third-order valence-corrected chi connectivity index (χ3v) is 1.76. The zero-order chi connectivity index (χ0) is 7.84. The summed E-state index contributed by atoms with van der Waals surface area (Å²) in [6, 6.07) is 0. The van der Waals surface area contributed by atoms with Gasteiger partial charge in [-0.1, -0.05) is 0 Å². The van der Waals surface area contributed by atoms with Crippen molar-refractivity contribution in [3.05, 3.63) is 21.7 Å². The summed E-state index contributed by atoms with van der Waals surface area (Å²) in [7, 11) is 0. The molecule has 0 saturated heterocycles. The van der Waals surface area contributed by atoms with Gasteiger partial charge in [0, 0.05) is 24.3 Å². The van der Waals surface area contributed by atoms with Crippen LogP contribution in [0.5, 0.6) is 0 Å². The molecule has 1 aromatic rings. The van der Waals surface area contributed by atoms with Crippen molar-refractivity contribution in [1.82, 2.24) is 15.3 Å². The molecular weight excluding hydrogens is 144 g/mol. The van der Waals surface area contributed by atoms with Crippen LogP contribution in [0.3, 0.4) is 0 Å². The summed E-state index contributed by atoms with van der Waals surface area (Å²) in [5.74, 6) is 0.341. The second kappa shape index (κ2) is 2.06. The summed E-state index contributed by atoms with van der Waals surface area (Å²) in [5, 5.41) is 3.07. The third kappa shape index (κ3) is 0.894. The number of hydrogen-bond donors (Lipinski definition) is 3. The quantitative estimate of drug-likeness (QED) is 0.443. The van der Waals surface area contributed by atoms with Crippen molar-refractivity contribution >= 4 is 5.82 Å². The van der Waals surface area contributed by atoms with Crippen LogP contribution >= 0.6 is 0 Å². The molecular formula is C6H8N4O. The third-order valence-electron chi connectivity index (χ3n) is 1.76. The van der Waals surface area contributed by atoms with Gasteiger partial charge in [0.15, 0.2) is 0 Å². The van der Waals surface area contributed by atoms with Crippen molar-refractivity contribution < 1.29 is 0 Å². The molecule has 5 nitrogen and oxygen atoms in total. The molecule has 0 atom stereocenters. The molecule has 11 heavy (non-hydrogen) atoms. The van der Waals surface area contributed by atoms with Crippen molar-refractivity contribution in [3.8, 4) is 0 Å². The van der Waals surface area contributed by atoms with Crippen molar-refractivity contribution in [1.29, 1.82) is 0 Å². The average molecular weight is 152 g/mol. The minimum absolute atomic E-state index is 0.341. The molecule has 1 aliphatic rings. The van der Waals surface area contributed by atoms with Crippen LogP contribution in [0.25, 0.3) is 0 Å². The summed E-state index contributed by atoms with van der Waals surface area (Å²) >= 11 is 0. The molecule has 2 heterocycles. The number of fused-ring (bicyclic) bond motifs is 1. The van der Waals surface area contributed by atoms with Gasteiger partial charge in [-0.05, 0) is 0 Å². The number of nitrogens with zero attached hydrogens (tertiary/aromatic N) is 1. The van der Waals surface area contributed by atoms with E-state index >= 15 is 0 Å². The van der Waals surface area contributed by atoms with Crippen molar-refractivity contribution in [3.63, 3.8) is 0 Å². The second-order valence-corrected chi connectivity index (χ2v) is 2.49. The number of aromatic nitrogens is 2. The Labute approximate surface area is 62.6 Å². The van der Waals surface area contributed by atoms with Gasteiger partial charge in [-0.3, -0.25) is 0 Å². The Kier molecular flexibility index (Phi) is 1.19. The fourth-order valence-electron chi connectivity index (χ4n) is 1.22. The fourth-order valence-corrected chi connectivity index (χ4v) is 1.22. The highest BCUT2D eigenvalue weighted by Gasteiger charge is 2.14. The number of aromatic amines is 1. The fraction of sp³-hybridized carbons (Fsp3) is 0.333. The van der Waals surface area contributed by atoms with Gasteiger partial charge >= 0.3 is 5.69 Å². The van der Waals surface area contributed by atoms with Gasteiger partial charge in [-0.25, -0.2) is 4.79 Å². The first-order valence-corrected chi connectivity index (χ1v) is 3.35. The number of nitrogens with two attached hydrogens (primary N) is 1. The van der Waals surface area contributed by atoms with Crippen molar-refractivity contribution in [2.75, 3.05) is 5.73 Å². The van der Waals surface area contributed by atoms with Gasteiger partial charge in [0.25, 0.3) is 0 Å². The molecule has 0 radical (unpaired) electrons. The first-order chi connectivity index (χ1) is 5.27. The molecule has 4 N–H and O–H groups in total. The Morgan fingerprint density at radius 3 is 3.09 bits per heavy atom. The van der Waals surface area contributed by atoms with E-state index in [9.17, 15) is 4.79 Å². The molecule has 0 bridgehead atoms. The maximum atomic E-state index is 10.8. The highest BCUT2D eigenvalue weighted by atomic mass is 16.1. The lowest BCUT2D eigenvalue weighted by Gasteiger charge is -1.98. The predicted molar refractivity (Wildman–Crippen MR) is 39.8 cm³/mol. The maximum Gasteiger partial charge on any atom is 0.347 e. The first-order valence-electron chi connectivity index (χ1n) is 3.35. The van der Waals surface area contributed by atoms with Gasteiger partial charge in [0.2, 0.25) is 0 Å². The average Bonchev–Trinajstić information content (AvgIpc) is 2.34. The Morgan fingerprint density at radius 1 is 1.45 bits per heavy atom. The van der Waals surface area contributed by atoms with E-state index in [2.05, 4.69) is 15.3 Å². The molecule has 5 heteroatoms. The van der Waals surface area contributed by atoms with Crippen LogP contribution in [-0.2, 0) is 13.1 Å². The van der Waals surface area contributed by atoms with Crippen molar-refractivity contribution in [2.24, 2.45) is 0 Å². The highest BCUT2D eigenvalue weighted by Crippen LogP contribution is 2.14. The lowest BCUT2D eigenvalue weighted by atomic mass is 10.2. The topological polar surface area (TPSA) is 83.8 Å². The first kappa shape index (κ1) is 6.36. The summed E-state index contributed by atoms with van der Waals surface area (Å²) in [5.41, 5.74) is 6.92. The van der Waals surface area contributed by atoms with Crippen LogP contribution in [0.1, 0.15) is 11.3 Å². The Morgan fingerprint density at radius 2 is 2.27 bits per heavy atom. The van der Waals surface area contributed by atoms with E-state index in [-0.39, 0.29) is 5.69 Å². The molecule has 0 aromatic carbocycles. The normalized spacial score (nSPS) is 14.9. The zero-order valence-electron chi connectivity index (χ0n) is 5.85. The van der Waals surface area contributed by atoms with Crippen LogP contribution in [-0.4, -0.2) is 9.97 Å². The minimum atomic E-state index is -0.370. The molecule has 0 fully saturated rings. The van der Waals surface area contributed by atoms with Gasteiger partial charge < -0.3 is 16.0 Å². The molecule has 0 unspecified atom stereocenters. The molecule has 0 aliphatic carbocycles. The Bertz CT molecular complexity index is 343. The van der Waals surface area contributed by atoms with E-state index in [1.54, 1.807) is 0 Å². The van der Waals surface area contributed by atoms with Crippen LogP contribution in [0.15, 0.2) is 4.79 Å². The van der Waals surface area contributed by atoms with E-state index in [1.807, 2.05) is 0 Å². The van der Waals surface area contributed by atoms with Gasteiger partial charge in [0.05, 0.1) is 0 Å². The molecule has 1 aromatic heterocycles.